The highest BCUT2D eigenvalue weighted by atomic mass is 16.2. The summed E-state index contributed by atoms with van der Waals surface area (Å²) in [6.45, 7) is 4.01. The second kappa shape index (κ2) is 12.0. The summed E-state index contributed by atoms with van der Waals surface area (Å²) in [7, 11) is 0. The van der Waals surface area contributed by atoms with Gasteiger partial charge in [0.15, 0.2) is 0 Å². The number of rotatable bonds is 9. The quantitative estimate of drug-likeness (QED) is 0.415. The van der Waals surface area contributed by atoms with E-state index in [1.54, 1.807) is 42.6 Å². The molecule has 2 aromatic carbocycles. The molecule has 3 aromatic rings. The van der Waals surface area contributed by atoms with Gasteiger partial charge in [-0.25, -0.2) is 0 Å². The largest absolute Gasteiger partial charge is 0.371 e. The fraction of sp³-hybridized carbons (Fsp3) is 0.286. The number of carbonyl (C=O) groups excluding carboxylic acids is 3. The third kappa shape index (κ3) is 6.47. The van der Waals surface area contributed by atoms with Gasteiger partial charge in [0.2, 0.25) is 5.91 Å². The Labute approximate surface area is 211 Å². The smallest absolute Gasteiger partial charge is 0.257 e. The van der Waals surface area contributed by atoms with Crippen LogP contribution >= 0.6 is 0 Å². The number of pyridine rings is 1. The van der Waals surface area contributed by atoms with E-state index >= 15 is 0 Å². The maximum Gasteiger partial charge on any atom is 0.257 e. The third-order valence-corrected chi connectivity index (χ3v) is 6.09. The van der Waals surface area contributed by atoms with Gasteiger partial charge < -0.3 is 20.9 Å². The molecule has 0 spiro atoms. The molecule has 36 heavy (non-hydrogen) atoms. The Bertz CT molecular complexity index is 1210. The normalized spacial score (nSPS) is 13.6. The van der Waals surface area contributed by atoms with Crippen LogP contribution in [0.2, 0.25) is 0 Å². The number of amides is 3. The Balaban J connectivity index is 1.40. The molecule has 1 aliphatic heterocycles. The van der Waals surface area contributed by atoms with Gasteiger partial charge in [-0.05, 0) is 67.8 Å². The Hall–Kier alpha value is -4.20. The SMILES string of the molecule is CCCC(NC(=O)c1cccc(NC(=O)c2cccnc2)c1)C(=O)Nc1cccc(N2CCCC2)c1. The lowest BCUT2D eigenvalue weighted by Gasteiger charge is -2.20. The number of nitrogens with one attached hydrogen (secondary N) is 3. The molecule has 1 fully saturated rings. The first-order valence-corrected chi connectivity index (χ1v) is 12.3. The molecular weight excluding hydrogens is 454 g/mol. The summed E-state index contributed by atoms with van der Waals surface area (Å²) in [5.74, 6) is -0.961. The Morgan fingerprint density at radius 2 is 1.61 bits per heavy atom. The van der Waals surface area contributed by atoms with Crippen LogP contribution in [0.15, 0.2) is 73.1 Å². The third-order valence-electron chi connectivity index (χ3n) is 6.09. The molecule has 1 atom stereocenters. The molecule has 1 saturated heterocycles. The van der Waals surface area contributed by atoms with Crippen LogP contribution in [0.25, 0.3) is 0 Å². The minimum absolute atomic E-state index is 0.259. The van der Waals surface area contributed by atoms with E-state index in [1.165, 1.54) is 19.0 Å². The van der Waals surface area contributed by atoms with Crippen molar-refractivity contribution in [2.45, 2.75) is 38.6 Å². The fourth-order valence-corrected chi connectivity index (χ4v) is 4.22. The molecule has 0 radical (unpaired) electrons. The molecule has 0 saturated carbocycles. The Morgan fingerprint density at radius 1 is 0.889 bits per heavy atom. The zero-order valence-electron chi connectivity index (χ0n) is 20.4. The van der Waals surface area contributed by atoms with Gasteiger partial charge in [-0.2, -0.15) is 0 Å². The molecule has 3 N–H and O–H groups in total. The summed E-state index contributed by atoms with van der Waals surface area (Å²) in [6.07, 6.45) is 6.65. The molecule has 2 heterocycles. The van der Waals surface area contributed by atoms with E-state index in [0.717, 1.165) is 25.2 Å². The Morgan fingerprint density at radius 3 is 2.33 bits per heavy atom. The number of aromatic nitrogens is 1. The molecule has 1 aromatic heterocycles. The van der Waals surface area contributed by atoms with Crippen molar-refractivity contribution in [3.05, 3.63) is 84.2 Å². The van der Waals surface area contributed by atoms with Crippen molar-refractivity contribution in [2.24, 2.45) is 0 Å². The standard InChI is InChI=1S/C28H31N5O3/c1-2-8-25(28(36)31-23-12-6-13-24(18-23)33-15-3-4-16-33)32-26(34)20-9-5-11-22(17-20)30-27(35)21-10-7-14-29-19-21/h5-7,9-14,17-19,25H,2-4,8,15-16H2,1H3,(H,30,35)(H,31,36)(H,32,34). The summed E-state index contributed by atoms with van der Waals surface area (Å²) in [5.41, 5.74) is 3.04. The van der Waals surface area contributed by atoms with Crippen molar-refractivity contribution in [1.29, 1.82) is 0 Å². The number of hydrogen-bond acceptors (Lipinski definition) is 5. The predicted octanol–water partition coefficient (Wildman–Crippen LogP) is 4.47. The van der Waals surface area contributed by atoms with Gasteiger partial charge >= 0.3 is 0 Å². The van der Waals surface area contributed by atoms with Gasteiger partial charge in [0.25, 0.3) is 11.8 Å². The number of benzene rings is 2. The summed E-state index contributed by atoms with van der Waals surface area (Å²) >= 11 is 0. The van der Waals surface area contributed by atoms with E-state index in [9.17, 15) is 14.4 Å². The highest BCUT2D eigenvalue weighted by Gasteiger charge is 2.22. The zero-order valence-corrected chi connectivity index (χ0v) is 20.4. The fourth-order valence-electron chi connectivity index (χ4n) is 4.22. The lowest BCUT2D eigenvalue weighted by atomic mass is 10.1. The van der Waals surface area contributed by atoms with Gasteiger partial charge in [0, 0.05) is 48.1 Å². The first kappa shape index (κ1) is 24.9. The Kier molecular flexibility index (Phi) is 8.28. The van der Waals surface area contributed by atoms with Crippen molar-refractivity contribution in [3.63, 3.8) is 0 Å². The maximum absolute atomic E-state index is 13.1. The number of carbonyl (C=O) groups is 3. The molecule has 1 unspecified atom stereocenters. The van der Waals surface area contributed by atoms with Gasteiger partial charge in [-0.15, -0.1) is 0 Å². The molecule has 8 nitrogen and oxygen atoms in total. The van der Waals surface area contributed by atoms with Gasteiger partial charge in [-0.3, -0.25) is 19.4 Å². The molecule has 1 aliphatic rings. The minimum Gasteiger partial charge on any atom is -0.371 e. The number of nitrogens with zero attached hydrogens (tertiary/aromatic N) is 2. The number of anilines is 3. The van der Waals surface area contributed by atoms with E-state index in [4.69, 9.17) is 0 Å². The van der Waals surface area contributed by atoms with Crippen LogP contribution in [0.4, 0.5) is 17.1 Å². The van der Waals surface area contributed by atoms with Crippen molar-refractivity contribution >= 4 is 34.8 Å². The highest BCUT2D eigenvalue weighted by Crippen LogP contribution is 2.23. The van der Waals surface area contributed by atoms with E-state index in [-0.39, 0.29) is 17.7 Å². The van der Waals surface area contributed by atoms with Crippen molar-refractivity contribution in [3.8, 4) is 0 Å². The van der Waals surface area contributed by atoms with Crippen LogP contribution in [-0.2, 0) is 4.79 Å². The summed E-state index contributed by atoms with van der Waals surface area (Å²) in [5, 5.41) is 8.59. The van der Waals surface area contributed by atoms with E-state index in [2.05, 4.69) is 25.8 Å². The van der Waals surface area contributed by atoms with Crippen molar-refractivity contribution in [2.75, 3.05) is 28.6 Å². The average Bonchev–Trinajstić information content (AvgIpc) is 3.44. The second-order valence-corrected chi connectivity index (χ2v) is 8.83. The summed E-state index contributed by atoms with van der Waals surface area (Å²) in [4.78, 5) is 44.7. The second-order valence-electron chi connectivity index (χ2n) is 8.83. The predicted molar refractivity (Wildman–Crippen MR) is 141 cm³/mol. The van der Waals surface area contributed by atoms with E-state index in [0.29, 0.717) is 28.9 Å². The summed E-state index contributed by atoms with van der Waals surface area (Å²) < 4.78 is 0. The minimum atomic E-state index is -0.688. The van der Waals surface area contributed by atoms with Gasteiger partial charge in [0.05, 0.1) is 5.56 Å². The lowest BCUT2D eigenvalue weighted by Crippen LogP contribution is -2.43. The van der Waals surface area contributed by atoms with Crippen LogP contribution in [0.3, 0.4) is 0 Å². The van der Waals surface area contributed by atoms with Crippen LogP contribution in [-0.4, -0.2) is 41.8 Å². The molecule has 186 valence electrons. The van der Waals surface area contributed by atoms with Crippen LogP contribution in [0.5, 0.6) is 0 Å². The molecule has 0 aliphatic carbocycles. The number of hydrogen-bond donors (Lipinski definition) is 3. The van der Waals surface area contributed by atoms with Crippen LogP contribution < -0.4 is 20.9 Å². The maximum atomic E-state index is 13.1. The highest BCUT2D eigenvalue weighted by molar-refractivity contribution is 6.05. The van der Waals surface area contributed by atoms with E-state index in [1.807, 2.05) is 31.2 Å². The van der Waals surface area contributed by atoms with Crippen molar-refractivity contribution < 1.29 is 14.4 Å². The molecule has 0 bridgehead atoms. The topological polar surface area (TPSA) is 103 Å². The first-order valence-electron chi connectivity index (χ1n) is 12.3. The van der Waals surface area contributed by atoms with Gasteiger partial charge in [0.1, 0.15) is 6.04 Å². The molecule has 8 heteroatoms. The van der Waals surface area contributed by atoms with Crippen LogP contribution in [0.1, 0.15) is 53.3 Å². The summed E-state index contributed by atoms with van der Waals surface area (Å²) in [6, 6.07) is 17.1. The average molecular weight is 486 g/mol. The van der Waals surface area contributed by atoms with E-state index < -0.39 is 6.04 Å². The molecule has 3 amide bonds. The van der Waals surface area contributed by atoms with Crippen LogP contribution in [0, 0.1) is 0 Å². The van der Waals surface area contributed by atoms with Crippen molar-refractivity contribution in [1.82, 2.24) is 10.3 Å². The van der Waals surface area contributed by atoms with Gasteiger partial charge in [-0.1, -0.05) is 25.5 Å². The lowest BCUT2D eigenvalue weighted by molar-refractivity contribution is -0.118. The zero-order chi connectivity index (χ0) is 25.3. The monoisotopic (exact) mass is 485 g/mol. The first-order chi connectivity index (χ1) is 17.5. The molecular formula is C28H31N5O3. The molecule has 4 rings (SSSR count).